The first-order valence-corrected chi connectivity index (χ1v) is 37.0. The molecule has 0 spiro atoms. The molecule has 41 nitrogen and oxygen atoms in total. The lowest BCUT2D eigenvalue weighted by Gasteiger charge is -2.38. The van der Waals surface area contributed by atoms with Crippen molar-refractivity contribution >= 4 is 75.0 Å². The Morgan fingerprint density at radius 2 is 1.14 bits per heavy atom. The number of pyridine rings is 1. The summed E-state index contributed by atoms with van der Waals surface area (Å²) < 4.78 is 63.1. The van der Waals surface area contributed by atoms with Gasteiger partial charge in [-0.05, 0) is 42.5 Å². The first-order valence-electron chi connectivity index (χ1n) is 37.0. The highest BCUT2D eigenvalue weighted by Crippen LogP contribution is 2.33. The van der Waals surface area contributed by atoms with E-state index in [1.807, 2.05) is 16.7 Å². The van der Waals surface area contributed by atoms with Gasteiger partial charge in [0.2, 0.25) is 24.0 Å². The highest BCUT2D eigenvalue weighted by Gasteiger charge is 2.48. The number of benzene rings is 2. The van der Waals surface area contributed by atoms with E-state index in [2.05, 4.69) is 45.1 Å². The third-order valence-electron chi connectivity index (χ3n) is 17.5. The van der Waals surface area contributed by atoms with Crippen LogP contribution >= 0.6 is 0 Å². The normalized spacial score (nSPS) is 18.9. The zero-order chi connectivity index (χ0) is 82.4. The van der Waals surface area contributed by atoms with Crippen molar-refractivity contribution < 1.29 is 157 Å². The van der Waals surface area contributed by atoms with Gasteiger partial charge in [0.05, 0.1) is 154 Å². The molecule has 18 N–H and O–H groups in total. The summed E-state index contributed by atoms with van der Waals surface area (Å²) in [6.07, 6.45) is -21.1. The summed E-state index contributed by atoms with van der Waals surface area (Å²) in [5, 5.41) is 152. The number of fused-ring (bicyclic) bond motifs is 3. The van der Waals surface area contributed by atoms with Crippen LogP contribution in [0.25, 0.3) is 21.9 Å². The zero-order valence-corrected chi connectivity index (χ0v) is 63.0. The number of carboxylic acids is 1. The molecule has 0 bridgehead atoms. The highest BCUT2D eigenvalue weighted by atomic mass is 16.7. The van der Waals surface area contributed by atoms with Gasteiger partial charge in [0.1, 0.15) is 78.9 Å². The summed E-state index contributed by atoms with van der Waals surface area (Å²) in [5.41, 5.74) is 1.70. The van der Waals surface area contributed by atoms with E-state index in [-0.39, 0.29) is 154 Å². The number of carboxylic acid groups (broad SMARTS) is 1. The van der Waals surface area contributed by atoms with Crippen LogP contribution in [0.15, 0.2) is 60.9 Å². The lowest BCUT2D eigenvalue weighted by molar-refractivity contribution is -0.271. The van der Waals surface area contributed by atoms with Crippen LogP contribution in [0.1, 0.15) is 51.5 Å². The molecule has 14 atom stereocenters. The standard InChI is InChI=1S/C72H109N9O32/c1-43(2)36-80-42-74-58-59(80)45-8-5-6-9-46(45)76-68(58)78-72(102)111-41-44-11-12-53(112-71-66(98)64(96)65(97)67(113-71)70(100)101)47(34-44)77-69(99)48(75-55(89)10-4-3-7-16-81-56(90)13-14-57(81)91)35-73-54(88)15-18-103-20-22-105-24-26-107-28-30-109-32-33-110-31-29-108-27-25-106-23-21-104-19-17-79(37-49(84)60(92)62(94)51(86)39-82)38-50(85)61(93)63(95)52(87)40-83/h5-6,8-9,11-14,34,42-43,48-52,60-67,71,82-87,92-98H,3-4,7,10,15-33,35-41H2,1-2H3,(H,73,88)(H,75,89)(H,77,99)(H,100,101)(H,76,78,102)/t48?,49-,50-,51+,52+,60+,61+,62+,63+,64-,65-,66+,67-,71+/m0/s1. The summed E-state index contributed by atoms with van der Waals surface area (Å²) in [4.78, 5) is 102. The van der Waals surface area contributed by atoms with Gasteiger partial charge in [0.25, 0.3) is 11.8 Å². The van der Waals surface area contributed by atoms with E-state index in [9.17, 15) is 94.8 Å². The van der Waals surface area contributed by atoms with Gasteiger partial charge < -0.3 is 144 Å². The number of aliphatic carboxylic acids is 1. The average Bonchev–Trinajstić information content (AvgIpc) is 1.65. The number of hydrogen-bond donors (Lipinski definition) is 18. The van der Waals surface area contributed by atoms with Crippen LogP contribution in [0.3, 0.4) is 0 Å². The maximum Gasteiger partial charge on any atom is 0.413 e. The van der Waals surface area contributed by atoms with Gasteiger partial charge in [0.15, 0.2) is 11.9 Å². The van der Waals surface area contributed by atoms with Crippen molar-refractivity contribution in [1.82, 2.24) is 35.0 Å². The number of carbonyl (C=O) groups excluding carboxylic acids is 6. The quantitative estimate of drug-likeness (QED) is 0.0145. The van der Waals surface area contributed by atoms with Crippen LogP contribution in [-0.2, 0) is 89.3 Å². The van der Waals surface area contributed by atoms with Gasteiger partial charge in [-0.25, -0.2) is 19.6 Å². The number of aliphatic hydroxyl groups is 13. The van der Waals surface area contributed by atoms with E-state index in [4.69, 9.17) is 62.3 Å². The van der Waals surface area contributed by atoms with E-state index in [0.717, 1.165) is 28.0 Å². The molecule has 6 amide bonds. The molecule has 2 aromatic heterocycles. The van der Waals surface area contributed by atoms with Gasteiger partial charge in [-0.2, -0.15) is 0 Å². The Morgan fingerprint density at radius 3 is 1.68 bits per heavy atom. The van der Waals surface area contributed by atoms with Gasteiger partial charge in [0, 0.05) is 69.6 Å². The summed E-state index contributed by atoms with van der Waals surface area (Å²) in [5.74, 6) is -4.71. The Morgan fingerprint density at radius 1 is 0.611 bits per heavy atom. The van der Waals surface area contributed by atoms with Crippen molar-refractivity contribution in [1.29, 1.82) is 0 Å². The Labute approximate surface area is 650 Å². The summed E-state index contributed by atoms with van der Waals surface area (Å²) in [7, 11) is 0. The lowest BCUT2D eigenvalue weighted by Crippen LogP contribution is -2.61. The number of anilines is 2. The SMILES string of the molecule is CC(C)Cn1cnc2c(NC(=O)OCc3ccc(O[C@@H]4O[C@H](C(=O)O)[C@@H](O)[C@H](O)[C@H]4O)c(NC(=O)C(CNC(=O)CCOCCOCCOCCOCCOCCOCCOCCOCCN(C[C@H](O)[C@@H](O)[C@H](O)[C@H](O)CO)C[C@H](O)[C@@H](O)[C@H](O)[C@H](O)CO)NC(=O)CCCCCN4C(=O)C=CC4=O)c3)nc3ccccc3c21. The second-order valence-electron chi connectivity index (χ2n) is 26.7. The fourth-order valence-corrected chi connectivity index (χ4v) is 11.3. The molecule has 634 valence electrons. The van der Waals surface area contributed by atoms with E-state index < -0.39 is 167 Å². The number of rotatable bonds is 58. The number of hydrogen-bond acceptors (Lipinski definition) is 34. The summed E-state index contributed by atoms with van der Waals surface area (Å²) in [6, 6.07) is 9.76. The molecule has 4 aromatic rings. The van der Waals surface area contributed by atoms with Crippen molar-refractivity contribution in [3.05, 3.63) is 66.5 Å². The number of unbranched alkanes of at least 4 members (excludes halogenated alkanes) is 2. The molecule has 2 aliphatic rings. The van der Waals surface area contributed by atoms with Crippen LogP contribution in [0, 0.1) is 5.92 Å². The van der Waals surface area contributed by atoms with E-state index >= 15 is 0 Å². The topological polar surface area (TPSA) is 590 Å². The second kappa shape index (κ2) is 50.6. The molecule has 41 heteroatoms. The Balaban J connectivity index is 0.884. The molecule has 113 heavy (non-hydrogen) atoms. The molecule has 1 fully saturated rings. The largest absolute Gasteiger partial charge is 0.479 e. The fraction of sp³-hybridized carbons (Fsp3) is 0.653. The van der Waals surface area contributed by atoms with Crippen LogP contribution in [0.4, 0.5) is 16.3 Å². The van der Waals surface area contributed by atoms with E-state index in [1.165, 1.54) is 23.1 Å². The first-order chi connectivity index (χ1) is 54.2. The number of imide groups is 1. The minimum absolute atomic E-state index is 0.0121. The summed E-state index contributed by atoms with van der Waals surface area (Å²) in [6.45, 7) is 4.34. The third-order valence-corrected chi connectivity index (χ3v) is 17.5. The summed E-state index contributed by atoms with van der Waals surface area (Å²) >= 11 is 0. The van der Waals surface area contributed by atoms with Crippen LogP contribution in [0.5, 0.6) is 5.75 Å². The fourth-order valence-electron chi connectivity index (χ4n) is 11.3. The molecular formula is C72H109N9O32. The molecule has 2 aliphatic heterocycles. The van der Waals surface area contributed by atoms with Gasteiger partial charge in [-0.3, -0.25) is 39.1 Å². The van der Waals surface area contributed by atoms with Crippen LogP contribution in [0.2, 0.25) is 0 Å². The predicted molar refractivity (Wildman–Crippen MR) is 393 cm³/mol. The number of nitrogens with zero attached hydrogens (tertiary/aromatic N) is 5. The minimum atomic E-state index is -2.07. The van der Waals surface area contributed by atoms with Crippen molar-refractivity contribution in [3.63, 3.8) is 0 Å². The lowest BCUT2D eigenvalue weighted by atomic mass is 9.99. The number of aromatic nitrogens is 3. The predicted octanol–water partition coefficient (Wildman–Crippen LogP) is -5.02. The first kappa shape index (κ1) is 94.1. The van der Waals surface area contributed by atoms with Crippen LogP contribution < -0.4 is 26.0 Å². The number of carbonyl (C=O) groups is 7. The number of amides is 6. The molecule has 0 saturated carbocycles. The van der Waals surface area contributed by atoms with E-state index in [1.54, 1.807) is 18.5 Å². The Kier molecular flexibility index (Phi) is 42.1. The number of nitrogens with one attached hydrogen (secondary N) is 4. The molecule has 1 unspecified atom stereocenters. The number of imidazole rings is 1. The Bertz CT molecular complexity index is 3530. The van der Waals surface area contributed by atoms with Crippen LogP contribution in [-0.4, -0.2) is 375 Å². The van der Waals surface area contributed by atoms with Crippen molar-refractivity contribution in [3.8, 4) is 5.75 Å². The van der Waals surface area contributed by atoms with Crippen molar-refractivity contribution in [2.75, 3.05) is 162 Å². The highest BCUT2D eigenvalue weighted by molar-refractivity contribution is 6.13. The van der Waals surface area contributed by atoms with Gasteiger partial charge in [-0.15, -0.1) is 0 Å². The zero-order valence-electron chi connectivity index (χ0n) is 63.0. The molecular weight excluding hydrogens is 1500 g/mol. The smallest absolute Gasteiger partial charge is 0.413 e. The molecule has 2 aromatic carbocycles. The van der Waals surface area contributed by atoms with Gasteiger partial charge >= 0.3 is 12.1 Å². The molecule has 6 rings (SSSR count). The average molecular weight is 1610 g/mol. The molecule has 1 saturated heterocycles. The number of aliphatic hydroxyl groups excluding tert-OH is 13. The third kappa shape index (κ3) is 31.7. The number of para-hydroxylation sites is 1. The van der Waals surface area contributed by atoms with Crippen molar-refractivity contribution in [2.24, 2.45) is 5.92 Å². The molecule has 0 aliphatic carbocycles. The van der Waals surface area contributed by atoms with E-state index in [0.29, 0.717) is 43.6 Å². The Hall–Kier alpha value is -7.77. The minimum Gasteiger partial charge on any atom is -0.479 e. The van der Waals surface area contributed by atoms with Crippen molar-refractivity contribution in [2.45, 2.75) is 145 Å². The second-order valence-corrected chi connectivity index (χ2v) is 26.7. The molecule has 4 heterocycles. The monoisotopic (exact) mass is 1610 g/mol. The maximum absolute atomic E-state index is 14.5. The number of ether oxygens (including phenoxy) is 11. The molecule has 0 radical (unpaired) electrons. The maximum atomic E-state index is 14.5. The van der Waals surface area contributed by atoms with Gasteiger partial charge in [-0.1, -0.05) is 44.5 Å².